The van der Waals surface area contributed by atoms with Gasteiger partial charge in [0.15, 0.2) is 17.1 Å². The van der Waals surface area contributed by atoms with Crippen molar-refractivity contribution < 1.29 is 18.8 Å². The topological polar surface area (TPSA) is 84.7 Å². The summed E-state index contributed by atoms with van der Waals surface area (Å²) in [4.78, 5) is 25.2. The van der Waals surface area contributed by atoms with E-state index in [2.05, 4.69) is 17.4 Å². The molecule has 0 aliphatic carbocycles. The van der Waals surface area contributed by atoms with Crippen LogP contribution in [-0.4, -0.2) is 47.3 Å². The van der Waals surface area contributed by atoms with Gasteiger partial charge in [-0.1, -0.05) is 36.3 Å². The van der Waals surface area contributed by atoms with Crippen LogP contribution in [0.4, 0.5) is 4.79 Å². The fourth-order valence-corrected chi connectivity index (χ4v) is 3.05. The second-order valence-electron chi connectivity index (χ2n) is 6.21. The Morgan fingerprint density at radius 2 is 2.08 bits per heavy atom. The number of rotatable bonds is 3. The fraction of sp³-hybridized carbons (Fsp3) is 0.353. The molecule has 1 aromatic heterocycles. The maximum atomic E-state index is 12.4. The second-order valence-corrected chi connectivity index (χ2v) is 6.21. The highest BCUT2D eigenvalue weighted by Gasteiger charge is 2.52. The molecule has 2 fully saturated rings. The minimum Gasteiger partial charge on any atom is -0.437 e. The van der Waals surface area contributed by atoms with Crippen LogP contribution < -0.4 is 5.32 Å². The zero-order chi connectivity index (χ0) is 16.7. The van der Waals surface area contributed by atoms with Gasteiger partial charge in [0.25, 0.3) is 5.91 Å². The standard InChI is InChI=1S/C17H17N3O4/c1-2-11-3-5-12(6-4-11)14-7-13(19-24-14)15(21)20-9-17(10-20)8-18-16(22)23-17/h3-7H,2,8-10H2,1H3,(H,18,22). The van der Waals surface area contributed by atoms with Crippen molar-refractivity contribution in [2.75, 3.05) is 19.6 Å². The Morgan fingerprint density at radius 1 is 1.33 bits per heavy atom. The number of nitrogens with zero attached hydrogens (tertiary/aromatic N) is 2. The Balaban J connectivity index is 1.45. The molecular weight excluding hydrogens is 310 g/mol. The number of alkyl carbamates (subject to hydrolysis) is 1. The maximum Gasteiger partial charge on any atom is 0.408 e. The minimum absolute atomic E-state index is 0.219. The number of hydrogen-bond acceptors (Lipinski definition) is 5. The lowest BCUT2D eigenvalue weighted by Gasteiger charge is -2.44. The van der Waals surface area contributed by atoms with Crippen molar-refractivity contribution in [1.29, 1.82) is 0 Å². The van der Waals surface area contributed by atoms with Crippen LogP contribution in [0.3, 0.4) is 0 Å². The van der Waals surface area contributed by atoms with Gasteiger partial charge in [-0.2, -0.15) is 0 Å². The summed E-state index contributed by atoms with van der Waals surface area (Å²) < 4.78 is 10.5. The molecule has 0 saturated carbocycles. The monoisotopic (exact) mass is 327 g/mol. The van der Waals surface area contributed by atoms with Gasteiger partial charge in [-0.25, -0.2) is 4.79 Å². The summed E-state index contributed by atoms with van der Waals surface area (Å²) in [6, 6.07) is 9.61. The Morgan fingerprint density at radius 3 is 2.71 bits per heavy atom. The average Bonchev–Trinajstić information content (AvgIpc) is 3.20. The van der Waals surface area contributed by atoms with Crippen LogP contribution in [0.25, 0.3) is 11.3 Å². The summed E-state index contributed by atoms with van der Waals surface area (Å²) in [6.45, 7) is 3.27. The highest BCUT2D eigenvalue weighted by atomic mass is 16.6. The van der Waals surface area contributed by atoms with E-state index < -0.39 is 11.7 Å². The van der Waals surface area contributed by atoms with E-state index in [-0.39, 0.29) is 11.6 Å². The molecule has 2 aliphatic rings. The van der Waals surface area contributed by atoms with Crippen LogP contribution in [0.15, 0.2) is 34.9 Å². The van der Waals surface area contributed by atoms with Gasteiger partial charge in [0, 0.05) is 11.6 Å². The molecular formula is C17H17N3O4. The molecule has 0 unspecified atom stereocenters. The van der Waals surface area contributed by atoms with Crippen molar-refractivity contribution in [2.24, 2.45) is 0 Å². The third kappa shape index (κ3) is 2.42. The molecule has 1 spiro atoms. The van der Waals surface area contributed by atoms with E-state index in [9.17, 15) is 9.59 Å². The number of ether oxygens (including phenoxy) is 1. The fourth-order valence-electron chi connectivity index (χ4n) is 3.05. The number of amides is 2. The first-order chi connectivity index (χ1) is 11.6. The van der Waals surface area contributed by atoms with E-state index in [1.54, 1.807) is 11.0 Å². The van der Waals surface area contributed by atoms with E-state index in [1.165, 1.54) is 5.56 Å². The minimum atomic E-state index is -0.574. The van der Waals surface area contributed by atoms with Crippen LogP contribution in [0.2, 0.25) is 0 Å². The van der Waals surface area contributed by atoms with Crippen LogP contribution >= 0.6 is 0 Å². The lowest BCUT2D eigenvalue weighted by atomic mass is 9.94. The van der Waals surface area contributed by atoms with Gasteiger partial charge in [-0.05, 0) is 12.0 Å². The summed E-state index contributed by atoms with van der Waals surface area (Å²) in [5, 5.41) is 6.49. The zero-order valence-corrected chi connectivity index (χ0v) is 13.2. The number of aromatic nitrogens is 1. The number of benzene rings is 1. The SMILES string of the molecule is CCc1ccc(-c2cc(C(=O)N3CC4(CNC(=O)O4)C3)no2)cc1. The van der Waals surface area contributed by atoms with Crippen molar-refractivity contribution in [1.82, 2.24) is 15.4 Å². The predicted octanol–water partition coefficient (Wildman–Crippen LogP) is 1.84. The molecule has 2 saturated heterocycles. The average molecular weight is 327 g/mol. The van der Waals surface area contributed by atoms with E-state index in [0.717, 1.165) is 12.0 Å². The molecule has 7 heteroatoms. The molecule has 1 aromatic carbocycles. The summed E-state index contributed by atoms with van der Waals surface area (Å²) in [5.41, 5.74) is 1.81. The van der Waals surface area contributed by atoms with E-state index in [1.807, 2.05) is 24.3 Å². The maximum absolute atomic E-state index is 12.4. The smallest absolute Gasteiger partial charge is 0.408 e. The van der Waals surface area contributed by atoms with Gasteiger partial charge in [-0.15, -0.1) is 0 Å². The Hall–Kier alpha value is -2.83. The highest BCUT2D eigenvalue weighted by Crippen LogP contribution is 2.30. The van der Waals surface area contributed by atoms with Crippen molar-refractivity contribution in [3.05, 3.63) is 41.6 Å². The molecule has 2 aromatic rings. The zero-order valence-electron chi connectivity index (χ0n) is 13.2. The molecule has 2 amide bonds. The van der Waals surface area contributed by atoms with E-state index in [0.29, 0.717) is 25.4 Å². The van der Waals surface area contributed by atoms with Crippen LogP contribution in [0.5, 0.6) is 0 Å². The third-order valence-corrected chi connectivity index (χ3v) is 4.49. The number of aryl methyl sites for hydroxylation is 1. The number of carbonyl (C=O) groups excluding carboxylic acids is 2. The molecule has 4 rings (SSSR count). The van der Waals surface area contributed by atoms with Crippen LogP contribution in [0, 0.1) is 0 Å². The molecule has 24 heavy (non-hydrogen) atoms. The van der Waals surface area contributed by atoms with Crippen molar-refractivity contribution in [3.8, 4) is 11.3 Å². The number of hydrogen-bond donors (Lipinski definition) is 1. The van der Waals surface area contributed by atoms with Gasteiger partial charge >= 0.3 is 6.09 Å². The molecule has 3 heterocycles. The van der Waals surface area contributed by atoms with Crippen LogP contribution in [0.1, 0.15) is 23.0 Å². The van der Waals surface area contributed by atoms with Gasteiger partial charge in [0.2, 0.25) is 0 Å². The normalized spacial score (nSPS) is 18.2. The Labute approximate surface area is 138 Å². The first kappa shape index (κ1) is 14.7. The summed E-state index contributed by atoms with van der Waals surface area (Å²) >= 11 is 0. The Kier molecular flexibility index (Phi) is 3.30. The molecule has 124 valence electrons. The lowest BCUT2D eigenvalue weighted by Crippen LogP contribution is -2.65. The van der Waals surface area contributed by atoms with Crippen LogP contribution in [-0.2, 0) is 11.2 Å². The lowest BCUT2D eigenvalue weighted by molar-refractivity contribution is -0.0579. The second kappa shape index (κ2) is 5.36. The van der Waals surface area contributed by atoms with Gasteiger partial charge in [-0.3, -0.25) is 4.79 Å². The quantitative estimate of drug-likeness (QED) is 0.930. The number of likely N-dealkylation sites (tertiary alicyclic amines) is 1. The summed E-state index contributed by atoms with van der Waals surface area (Å²) in [7, 11) is 0. The third-order valence-electron chi connectivity index (χ3n) is 4.49. The Bertz CT molecular complexity index is 790. The predicted molar refractivity (Wildman–Crippen MR) is 84.4 cm³/mol. The molecule has 0 bridgehead atoms. The molecule has 7 nitrogen and oxygen atoms in total. The largest absolute Gasteiger partial charge is 0.437 e. The van der Waals surface area contributed by atoms with E-state index >= 15 is 0 Å². The summed E-state index contributed by atoms with van der Waals surface area (Å²) in [5.74, 6) is 0.342. The number of carbonyl (C=O) groups is 2. The highest BCUT2D eigenvalue weighted by molar-refractivity contribution is 5.94. The van der Waals surface area contributed by atoms with Gasteiger partial charge in [0.1, 0.15) is 0 Å². The van der Waals surface area contributed by atoms with Crippen molar-refractivity contribution in [2.45, 2.75) is 18.9 Å². The molecule has 0 radical (unpaired) electrons. The molecule has 2 aliphatic heterocycles. The first-order valence-electron chi connectivity index (χ1n) is 7.91. The molecule has 0 atom stereocenters. The number of nitrogens with one attached hydrogen (secondary N) is 1. The first-order valence-corrected chi connectivity index (χ1v) is 7.91. The van der Waals surface area contributed by atoms with E-state index in [4.69, 9.17) is 9.26 Å². The van der Waals surface area contributed by atoms with Gasteiger partial charge in [0.05, 0.1) is 19.6 Å². The van der Waals surface area contributed by atoms with Crippen molar-refractivity contribution >= 4 is 12.0 Å². The molecule has 1 N–H and O–H groups in total. The van der Waals surface area contributed by atoms with Crippen molar-refractivity contribution in [3.63, 3.8) is 0 Å². The van der Waals surface area contributed by atoms with Gasteiger partial charge < -0.3 is 19.5 Å². The summed E-state index contributed by atoms with van der Waals surface area (Å²) in [6.07, 6.45) is 0.540.